The highest BCUT2D eigenvalue weighted by Crippen LogP contribution is 2.33. The summed E-state index contributed by atoms with van der Waals surface area (Å²) in [6, 6.07) is 10.1. The second-order valence-electron chi connectivity index (χ2n) is 5.03. The predicted molar refractivity (Wildman–Crippen MR) is 84.2 cm³/mol. The number of rotatable bonds is 5. The van der Waals surface area contributed by atoms with Gasteiger partial charge in [0.25, 0.3) is 0 Å². The van der Waals surface area contributed by atoms with E-state index in [1.807, 2.05) is 13.0 Å². The number of ether oxygens (including phenoxy) is 3. The van der Waals surface area contributed by atoms with Crippen molar-refractivity contribution in [2.45, 2.75) is 13.3 Å². The van der Waals surface area contributed by atoms with Crippen LogP contribution in [0.2, 0.25) is 0 Å². The van der Waals surface area contributed by atoms with Crippen LogP contribution in [0, 0.1) is 0 Å². The largest absolute Gasteiger partial charge is 0.504 e. The molecule has 1 aliphatic rings. The molecule has 120 valence electrons. The predicted octanol–water partition coefficient (Wildman–Crippen LogP) is 2.70. The molecule has 0 aromatic heterocycles. The molecule has 2 aromatic rings. The molecule has 0 fully saturated rings. The van der Waals surface area contributed by atoms with Crippen molar-refractivity contribution < 1.29 is 24.1 Å². The quantitative estimate of drug-likeness (QED) is 0.830. The summed E-state index contributed by atoms with van der Waals surface area (Å²) in [5.41, 5.74) is 1.40. The molecular weight excluding hydrogens is 298 g/mol. The van der Waals surface area contributed by atoms with Crippen LogP contribution in [0.25, 0.3) is 0 Å². The van der Waals surface area contributed by atoms with E-state index in [2.05, 4.69) is 5.32 Å². The Labute approximate surface area is 133 Å². The van der Waals surface area contributed by atoms with E-state index in [0.29, 0.717) is 29.5 Å². The Kier molecular flexibility index (Phi) is 4.23. The zero-order valence-electron chi connectivity index (χ0n) is 12.7. The lowest BCUT2D eigenvalue weighted by Crippen LogP contribution is -2.14. The highest BCUT2D eigenvalue weighted by atomic mass is 16.7. The Morgan fingerprint density at radius 2 is 2.04 bits per heavy atom. The molecule has 23 heavy (non-hydrogen) atoms. The number of amides is 1. The first kappa shape index (κ1) is 15.0. The third kappa shape index (κ3) is 3.48. The zero-order valence-corrected chi connectivity index (χ0v) is 12.7. The van der Waals surface area contributed by atoms with E-state index in [0.717, 1.165) is 5.56 Å². The van der Waals surface area contributed by atoms with Crippen molar-refractivity contribution in [3.63, 3.8) is 0 Å². The van der Waals surface area contributed by atoms with Gasteiger partial charge in [-0.2, -0.15) is 0 Å². The van der Waals surface area contributed by atoms with Crippen LogP contribution in [0.3, 0.4) is 0 Å². The first-order valence-electron chi connectivity index (χ1n) is 7.30. The van der Waals surface area contributed by atoms with Crippen molar-refractivity contribution in [1.29, 1.82) is 0 Å². The Hall–Kier alpha value is -2.89. The van der Waals surface area contributed by atoms with Crippen LogP contribution < -0.4 is 19.5 Å². The number of hydrogen-bond donors (Lipinski definition) is 2. The van der Waals surface area contributed by atoms with Gasteiger partial charge >= 0.3 is 0 Å². The standard InChI is InChI=1S/C17H17NO5/c1-2-21-15-9-12(4-5-13(15)19)18-17(20)8-11-3-6-14-16(7-11)23-10-22-14/h3-7,9,19H,2,8,10H2,1H3,(H,18,20). The lowest BCUT2D eigenvalue weighted by molar-refractivity contribution is -0.115. The highest BCUT2D eigenvalue weighted by molar-refractivity contribution is 5.92. The molecule has 1 heterocycles. The molecule has 0 unspecified atom stereocenters. The van der Waals surface area contributed by atoms with E-state index in [1.54, 1.807) is 24.3 Å². The molecule has 1 aliphatic heterocycles. The van der Waals surface area contributed by atoms with Crippen LogP contribution in [0.4, 0.5) is 5.69 Å². The Balaban J connectivity index is 1.66. The lowest BCUT2D eigenvalue weighted by Gasteiger charge is -2.10. The summed E-state index contributed by atoms with van der Waals surface area (Å²) < 4.78 is 15.8. The Bertz CT molecular complexity index is 729. The number of carbonyl (C=O) groups excluding carboxylic acids is 1. The van der Waals surface area contributed by atoms with Crippen molar-refractivity contribution in [3.8, 4) is 23.0 Å². The minimum absolute atomic E-state index is 0.0422. The molecule has 2 N–H and O–H groups in total. The molecule has 6 heteroatoms. The van der Waals surface area contributed by atoms with Crippen LogP contribution in [-0.2, 0) is 11.2 Å². The second-order valence-corrected chi connectivity index (χ2v) is 5.03. The SMILES string of the molecule is CCOc1cc(NC(=O)Cc2ccc3c(c2)OCO3)ccc1O. The average molecular weight is 315 g/mol. The number of hydrogen-bond acceptors (Lipinski definition) is 5. The second kappa shape index (κ2) is 6.48. The van der Waals surface area contributed by atoms with E-state index < -0.39 is 0 Å². The number of carbonyl (C=O) groups is 1. The normalized spacial score (nSPS) is 12.0. The van der Waals surface area contributed by atoms with Gasteiger partial charge in [-0.25, -0.2) is 0 Å². The minimum Gasteiger partial charge on any atom is -0.504 e. The molecule has 2 aromatic carbocycles. The van der Waals surface area contributed by atoms with Crippen molar-refractivity contribution >= 4 is 11.6 Å². The van der Waals surface area contributed by atoms with Gasteiger partial charge in [0, 0.05) is 11.8 Å². The molecule has 0 aliphatic carbocycles. The summed E-state index contributed by atoms with van der Waals surface area (Å²) in [5.74, 6) is 1.55. The van der Waals surface area contributed by atoms with E-state index >= 15 is 0 Å². The number of fused-ring (bicyclic) bond motifs is 1. The lowest BCUT2D eigenvalue weighted by atomic mass is 10.1. The van der Waals surface area contributed by atoms with Gasteiger partial charge in [0.05, 0.1) is 13.0 Å². The van der Waals surface area contributed by atoms with E-state index in [9.17, 15) is 9.90 Å². The number of aromatic hydroxyl groups is 1. The molecule has 0 saturated carbocycles. The topological polar surface area (TPSA) is 77.0 Å². The van der Waals surface area contributed by atoms with Gasteiger partial charge in [-0.1, -0.05) is 6.07 Å². The Morgan fingerprint density at radius 1 is 1.22 bits per heavy atom. The number of benzene rings is 2. The molecular formula is C17H17NO5. The van der Waals surface area contributed by atoms with Crippen LogP contribution >= 0.6 is 0 Å². The van der Waals surface area contributed by atoms with Gasteiger partial charge in [-0.15, -0.1) is 0 Å². The van der Waals surface area contributed by atoms with Crippen molar-refractivity contribution in [1.82, 2.24) is 0 Å². The maximum atomic E-state index is 12.1. The zero-order chi connectivity index (χ0) is 16.2. The van der Waals surface area contributed by atoms with Gasteiger partial charge in [0.2, 0.25) is 12.7 Å². The van der Waals surface area contributed by atoms with E-state index in [-0.39, 0.29) is 24.9 Å². The van der Waals surface area contributed by atoms with Crippen LogP contribution in [-0.4, -0.2) is 24.4 Å². The van der Waals surface area contributed by atoms with Gasteiger partial charge in [0.15, 0.2) is 23.0 Å². The summed E-state index contributed by atoms with van der Waals surface area (Å²) in [7, 11) is 0. The summed E-state index contributed by atoms with van der Waals surface area (Å²) in [6.45, 7) is 2.46. The monoisotopic (exact) mass is 315 g/mol. The number of anilines is 1. The highest BCUT2D eigenvalue weighted by Gasteiger charge is 2.14. The van der Waals surface area contributed by atoms with E-state index in [1.165, 1.54) is 6.07 Å². The summed E-state index contributed by atoms with van der Waals surface area (Å²) in [5, 5.41) is 12.4. The van der Waals surface area contributed by atoms with Gasteiger partial charge in [0.1, 0.15) is 0 Å². The molecule has 1 amide bonds. The van der Waals surface area contributed by atoms with Crippen molar-refractivity contribution in [2.75, 3.05) is 18.7 Å². The first-order chi connectivity index (χ1) is 11.2. The average Bonchev–Trinajstić information content (AvgIpc) is 2.98. The van der Waals surface area contributed by atoms with Gasteiger partial charge in [-0.3, -0.25) is 4.79 Å². The summed E-state index contributed by atoms with van der Waals surface area (Å²) >= 11 is 0. The summed E-state index contributed by atoms with van der Waals surface area (Å²) in [4.78, 5) is 12.1. The first-order valence-corrected chi connectivity index (χ1v) is 7.30. The molecule has 3 rings (SSSR count). The van der Waals surface area contributed by atoms with Crippen LogP contribution in [0.5, 0.6) is 23.0 Å². The Morgan fingerprint density at radius 3 is 2.87 bits per heavy atom. The van der Waals surface area contributed by atoms with Crippen LogP contribution in [0.15, 0.2) is 36.4 Å². The van der Waals surface area contributed by atoms with Gasteiger partial charge < -0.3 is 24.6 Å². The molecule has 0 spiro atoms. The third-order valence-electron chi connectivity index (χ3n) is 3.35. The molecule has 6 nitrogen and oxygen atoms in total. The number of nitrogens with one attached hydrogen (secondary N) is 1. The minimum atomic E-state index is -0.169. The van der Waals surface area contributed by atoms with Crippen LogP contribution in [0.1, 0.15) is 12.5 Å². The fourth-order valence-electron chi connectivity index (χ4n) is 2.30. The maximum absolute atomic E-state index is 12.1. The van der Waals surface area contributed by atoms with Crippen molar-refractivity contribution in [2.24, 2.45) is 0 Å². The molecule has 0 radical (unpaired) electrons. The molecule has 0 saturated heterocycles. The number of phenolic OH excluding ortho intramolecular Hbond substituents is 1. The van der Waals surface area contributed by atoms with Gasteiger partial charge in [-0.05, 0) is 36.8 Å². The fraction of sp³-hybridized carbons (Fsp3) is 0.235. The summed E-state index contributed by atoms with van der Waals surface area (Å²) in [6.07, 6.45) is 0.210. The number of phenols is 1. The maximum Gasteiger partial charge on any atom is 0.231 e. The third-order valence-corrected chi connectivity index (χ3v) is 3.35. The smallest absolute Gasteiger partial charge is 0.231 e. The van der Waals surface area contributed by atoms with Crippen molar-refractivity contribution in [3.05, 3.63) is 42.0 Å². The fourth-order valence-corrected chi connectivity index (χ4v) is 2.30. The molecule has 0 atom stereocenters. The van der Waals surface area contributed by atoms with E-state index in [4.69, 9.17) is 14.2 Å². The molecule has 0 bridgehead atoms.